The minimum atomic E-state index is -0.813. The number of benzene rings is 2. The van der Waals surface area contributed by atoms with Crippen LogP contribution in [-0.4, -0.2) is 23.1 Å². The van der Waals surface area contributed by atoms with Gasteiger partial charge in [-0.1, -0.05) is 23.7 Å². The van der Waals surface area contributed by atoms with Crippen molar-refractivity contribution in [3.8, 4) is 22.7 Å². The van der Waals surface area contributed by atoms with Gasteiger partial charge < -0.3 is 4.74 Å². The second-order valence-electron chi connectivity index (χ2n) is 6.23. The SMILES string of the molecule is COc1ccc(-n2nc(-c3ccc(Cl)cc3)c3c2CC[C@@H](F)C3)cc1. The van der Waals surface area contributed by atoms with Crippen LogP contribution >= 0.6 is 11.6 Å². The third-order valence-electron chi connectivity index (χ3n) is 4.64. The van der Waals surface area contributed by atoms with Crippen LogP contribution in [0, 0.1) is 0 Å². The molecule has 1 aliphatic carbocycles. The van der Waals surface area contributed by atoms with Crippen LogP contribution in [-0.2, 0) is 12.8 Å². The van der Waals surface area contributed by atoms with Gasteiger partial charge in [-0.15, -0.1) is 0 Å². The monoisotopic (exact) mass is 356 g/mol. The molecule has 0 fully saturated rings. The van der Waals surface area contributed by atoms with Crippen LogP contribution in [0.4, 0.5) is 4.39 Å². The van der Waals surface area contributed by atoms with Crippen molar-refractivity contribution < 1.29 is 9.13 Å². The lowest BCUT2D eigenvalue weighted by molar-refractivity contribution is 0.300. The lowest BCUT2D eigenvalue weighted by Gasteiger charge is -2.18. The Labute approximate surface area is 151 Å². The van der Waals surface area contributed by atoms with E-state index in [1.54, 1.807) is 7.11 Å². The van der Waals surface area contributed by atoms with E-state index in [0.717, 1.165) is 34.0 Å². The number of hydrogen-bond acceptors (Lipinski definition) is 2. The van der Waals surface area contributed by atoms with E-state index in [1.807, 2.05) is 53.2 Å². The van der Waals surface area contributed by atoms with Gasteiger partial charge in [-0.25, -0.2) is 9.07 Å². The first-order valence-electron chi connectivity index (χ1n) is 8.31. The van der Waals surface area contributed by atoms with Crippen LogP contribution in [0.1, 0.15) is 17.7 Å². The Balaban J connectivity index is 1.84. The van der Waals surface area contributed by atoms with E-state index in [9.17, 15) is 4.39 Å². The smallest absolute Gasteiger partial charge is 0.119 e. The van der Waals surface area contributed by atoms with E-state index in [1.165, 1.54) is 0 Å². The Kier molecular flexibility index (Phi) is 4.22. The molecule has 0 saturated carbocycles. The molecule has 0 amide bonds. The first-order valence-corrected chi connectivity index (χ1v) is 8.68. The fourth-order valence-electron chi connectivity index (χ4n) is 3.35. The molecule has 4 rings (SSSR count). The van der Waals surface area contributed by atoms with Gasteiger partial charge in [0, 0.05) is 28.3 Å². The van der Waals surface area contributed by atoms with Crippen molar-refractivity contribution >= 4 is 11.6 Å². The molecule has 0 bridgehead atoms. The maximum absolute atomic E-state index is 14.1. The number of aromatic nitrogens is 2. The first-order chi connectivity index (χ1) is 12.2. The number of methoxy groups -OCH3 is 1. The molecule has 3 nitrogen and oxygen atoms in total. The van der Waals surface area contributed by atoms with Crippen LogP contribution in [0.3, 0.4) is 0 Å². The van der Waals surface area contributed by atoms with Gasteiger partial charge in [0.25, 0.3) is 0 Å². The summed E-state index contributed by atoms with van der Waals surface area (Å²) < 4.78 is 21.2. The highest BCUT2D eigenvalue weighted by atomic mass is 35.5. The minimum absolute atomic E-state index is 0.406. The molecular formula is C20H18ClFN2O. The summed E-state index contributed by atoms with van der Waals surface area (Å²) in [5, 5.41) is 5.49. The van der Waals surface area contributed by atoms with E-state index in [-0.39, 0.29) is 0 Å². The third kappa shape index (κ3) is 3.02. The molecule has 1 heterocycles. The number of rotatable bonds is 3. The fourth-order valence-corrected chi connectivity index (χ4v) is 3.48. The number of nitrogens with zero attached hydrogens (tertiary/aromatic N) is 2. The molecule has 0 N–H and O–H groups in total. The molecule has 1 aromatic heterocycles. The van der Waals surface area contributed by atoms with E-state index >= 15 is 0 Å². The van der Waals surface area contributed by atoms with Crippen LogP contribution in [0.2, 0.25) is 5.02 Å². The number of fused-ring (bicyclic) bond motifs is 1. The normalized spacial score (nSPS) is 16.5. The fraction of sp³-hybridized carbons (Fsp3) is 0.250. The molecule has 3 aromatic rings. The first kappa shape index (κ1) is 16.2. The van der Waals surface area contributed by atoms with Crippen LogP contribution in [0.25, 0.3) is 16.9 Å². The number of alkyl halides is 1. The molecule has 2 aromatic carbocycles. The summed E-state index contributed by atoms with van der Waals surface area (Å²) in [5.74, 6) is 0.798. The topological polar surface area (TPSA) is 27.1 Å². The molecule has 5 heteroatoms. The zero-order chi connectivity index (χ0) is 17.4. The molecule has 1 atom stereocenters. The molecular weight excluding hydrogens is 339 g/mol. The second-order valence-corrected chi connectivity index (χ2v) is 6.67. The van der Waals surface area contributed by atoms with Gasteiger partial charge in [0.15, 0.2) is 0 Å². The molecule has 25 heavy (non-hydrogen) atoms. The Hall–Kier alpha value is -2.33. The zero-order valence-electron chi connectivity index (χ0n) is 13.9. The Bertz CT molecular complexity index is 887. The van der Waals surface area contributed by atoms with Gasteiger partial charge in [-0.3, -0.25) is 0 Å². The van der Waals surface area contributed by atoms with Crippen molar-refractivity contribution in [2.75, 3.05) is 7.11 Å². The lowest BCUT2D eigenvalue weighted by atomic mass is 9.92. The highest BCUT2D eigenvalue weighted by molar-refractivity contribution is 6.30. The van der Waals surface area contributed by atoms with E-state index in [0.29, 0.717) is 24.3 Å². The van der Waals surface area contributed by atoms with Crippen LogP contribution in [0.15, 0.2) is 48.5 Å². The van der Waals surface area contributed by atoms with Crippen molar-refractivity contribution in [2.45, 2.75) is 25.4 Å². The summed E-state index contributed by atoms with van der Waals surface area (Å²) in [5.41, 5.74) is 4.84. The second kappa shape index (κ2) is 6.52. The van der Waals surface area contributed by atoms with Crippen molar-refractivity contribution in [2.24, 2.45) is 0 Å². The minimum Gasteiger partial charge on any atom is -0.497 e. The molecule has 0 unspecified atom stereocenters. The summed E-state index contributed by atoms with van der Waals surface area (Å²) in [6.45, 7) is 0. The average molecular weight is 357 g/mol. The number of ether oxygens (including phenoxy) is 1. The summed E-state index contributed by atoms with van der Waals surface area (Å²) in [7, 11) is 1.64. The van der Waals surface area contributed by atoms with Crippen molar-refractivity contribution in [3.05, 3.63) is 64.8 Å². The van der Waals surface area contributed by atoms with Gasteiger partial charge in [0.2, 0.25) is 0 Å². The van der Waals surface area contributed by atoms with Gasteiger partial charge in [0.1, 0.15) is 11.9 Å². The molecule has 1 aliphatic rings. The highest BCUT2D eigenvalue weighted by Crippen LogP contribution is 2.34. The number of halogens is 2. The molecule has 0 radical (unpaired) electrons. The summed E-state index contributed by atoms with van der Waals surface area (Å²) >= 11 is 6.00. The molecule has 0 aliphatic heterocycles. The van der Waals surface area contributed by atoms with Crippen molar-refractivity contribution in [1.29, 1.82) is 0 Å². The van der Waals surface area contributed by atoms with Crippen LogP contribution < -0.4 is 4.74 Å². The predicted molar refractivity (Wildman–Crippen MR) is 97.5 cm³/mol. The number of hydrogen-bond donors (Lipinski definition) is 0. The van der Waals surface area contributed by atoms with Crippen molar-refractivity contribution in [1.82, 2.24) is 9.78 Å². The molecule has 128 valence electrons. The van der Waals surface area contributed by atoms with Gasteiger partial charge in [0.05, 0.1) is 18.5 Å². The quantitative estimate of drug-likeness (QED) is 0.658. The van der Waals surface area contributed by atoms with Gasteiger partial charge in [-0.05, 0) is 49.2 Å². The molecule has 0 saturated heterocycles. The largest absolute Gasteiger partial charge is 0.497 e. The zero-order valence-corrected chi connectivity index (χ0v) is 14.6. The lowest BCUT2D eigenvalue weighted by Crippen LogP contribution is -2.16. The Morgan fingerprint density at radius 3 is 2.52 bits per heavy atom. The van der Waals surface area contributed by atoms with E-state index < -0.39 is 6.17 Å². The average Bonchev–Trinajstić information content (AvgIpc) is 3.01. The highest BCUT2D eigenvalue weighted by Gasteiger charge is 2.27. The summed E-state index contributed by atoms with van der Waals surface area (Å²) in [4.78, 5) is 0. The van der Waals surface area contributed by atoms with Gasteiger partial charge in [-0.2, -0.15) is 5.10 Å². The predicted octanol–water partition coefficient (Wildman–Crippen LogP) is 5.03. The third-order valence-corrected chi connectivity index (χ3v) is 4.90. The summed E-state index contributed by atoms with van der Waals surface area (Å²) in [6.07, 6.45) is 0.814. The standard InChI is InChI=1S/C20H18ClFN2O/c1-25-17-9-7-16(8-10-17)24-19-11-6-15(22)12-18(19)20(23-24)13-2-4-14(21)5-3-13/h2-5,7-10,15H,6,11-12H2,1H3/t15-/m1/s1. The van der Waals surface area contributed by atoms with E-state index in [2.05, 4.69) is 0 Å². The van der Waals surface area contributed by atoms with E-state index in [4.69, 9.17) is 21.4 Å². The van der Waals surface area contributed by atoms with Crippen LogP contribution in [0.5, 0.6) is 5.75 Å². The Morgan fingerprint density at radius 2 is 1.84 bits per heavy atom. The summed E-state index contributed by atoms with van der Waals surface area (Å²) in [6, 6.07) is 15.3. The van der Waals surface area contributed by atoms with Crippen molar-refractivity contribution in [3.63, 3.8) is 0 Å². The maximum Gasteiger partial charge on any atom is 0.119 e. The Morgan fingerprint density at radius 1 is 1.12 bits per heavy atom. The maximum atomic E-state index is 14.1. The van der Waals surface area contributed by atoms with Gasteiger partial charge >= 0.3 is 0 Å². The molecule has 0 spiro atoms.